The summed E-state index contributed by atoms with van der Waals surface area (Å²) in [4.78, 5) is 15.8. The van der Waals surface area contributed by atoms with Gasteiger partial charge in [0, 0.05) is 35.4 Å². The van der Waals surface area contributed by atoms with Gasteiger partial charge in [-0.05, 0) is 49.1 Å². The summed E-state index contributed by atoms with van der Waals surface area (Å²) in [7, 11) is -3.49. The first-order valence-corrected chi connectivity index (χ1v) is 12.7. The minimum atomic E-state index is -3.49. The molecule has 1 aromatic heterocycles. The average molecular weight is 461 g/mol. The number of piperidine rings is 1. The number of fused-ring (bicyclic) bond motifs is 2. The van der Waals surface area contributed by atoms with Crippen molar-refractivity contribution < 1.29 is 13.2 Å². The number of carbonyl (C=O) groups is 1. The van der Waals surface area contributed by atoms with Gasteiger partial charge in [-0.1, -0.05) is 36.2 Å². The molecule has 2 aliphatic heterocycles. The SMILES string of the molecule is O=C(c1sc2ccccc2c1Cl)N1CCc2cc(S(=O)(=O)N3CCCCC3)ccc21. The van der Waals surface area contributed by atoms with E-state index in [1.807, 2.05) is 24.3 Å². The summed E-state index contributed by atoms with van der Waals surface area (Å²) in [6.07, 6.45) is 3.52. The van der Waals surface area contributed by atoms with Gasteiger partial charge in [0.2, 0.25) is 10.0 Å². The molecule has 5 rings (SSSR count). The molecule has 0 spiro atoms. The minimum Gasteiger partial charge on any atom is -0.307 e. The zero-order valence-corrected chi connectivity index (χ0v) is 18.7. The number of thiophene rings is 1. The standard InChI is InChI=1S/C22H21ClN2O3S2/c23-20-17-6-2-3-7-19(17)29-21(20)22(26)25-13-10-15-14-16(8-9-18(15)25)30(27,28)24-11-4-1-5-12-24/h2-3,6-9,14H,1,4-5,10-13H2. The van der Waals surface area contributed by atoms with Crippen molar-refractivity contribution in [3.8, 4) is 0 Å². The maximum Gasteiger partial charge on any atom is 0.269 e. The van der Waals surface area contributed by atoms with Crippen LogP contribution in [0, 0.1) is 0 Å². The summed E-state index contributed by atoms with van der Waals surface area (Å²) in [5.41, 5.74) is 1.66. The molecule has 0 unspecified atom stereocenters. The lowest BCUT2D eigenvalue weighted by atomic mass is 10.2. The van der Waals surface area contributed by atoms with Gasteiger partial charge in [-0.15, -0.1) is 11.3 Å². The topological polar surface area (TPSA) is 57.7 Å². The van der Waals surface area contributed by atoms with Crippen LogP contribution in [0.3, 0.4) is 0 Å². The molecular weight excluding hydrogens is 440 g/mol. The molecular formula is C22H21ClN2O3S2. The molecule has 1 fully saturated rings. The Hall–Kier alpha value is -1.93. The fourth-order valence-corrected chi connectivity index (χ4v) is 7.31. The Bertz CT molecular complexity index is 1250. The maximum atomic E-state index is 13.3. The summed E-state index contributed by atoms with van der Waals surface area (Å²) in [6, 6.07) is 12.8. The van der Waals surface area contributed by atoms with E-state index in [0.717, 1.165) is 40.6 Å². The number of hydrogen-bond acceptors (Lipinski definition) is 4. The number of halogens is 1. The Morgan fingerprint density at radius 3 is 2.53 bits per heavy atom. The molecule has 1 amide bonds. The lowest BCUT2D eigenvalue weighted by Crippen LogP contribution is -2.35. The van der Waals surface area contributed by atoms with Crippen LogP contribution in [-0.2, 0) is 16.4 Å². The van der Waals surface area contributed by atoms with Crippen molar-refractivity contribution in [3.05, 3.63) is 57.9 Å². The van der Waals surface area contributed by atoms with Crippen LogP contribution < -0.4 is 4.90 Å². The lowest BCUT2D eigenvalue weighted by Gasteiger charge is -2.26. The highest BCUT2D eigenvalue weighted by Gasteiger charge is 2.31. The number of hydrogen-bond donors (Lipinski definition) is 0. The van der Waals surface area contributed by atoms with E-state index in [1.165, 1.54) is 11.3 Å². The van der Waals surface area contributed by atoms with Crippen LogP contribution in [0.1, 0.15) is 34.5 Å². The van der Waals surface area contributed by atoms with Crippen molar-refractivity contribution in [1.82, 2.24) is 4.31 Å². The van der Waals surface area contributed by atoms with Gasteiger partial charge < -0.3 is 4.90 Å². The van der Waals surface area contributed by atoms with E-state index < -0.39 is 10.0 Å². The highest BCUT2D eigenvalue weighted by atomic mass is 35.5. The molecule has 0 aliphatic carbocycles. The van der Waals surface area contributed by atoms with Crippen molar-refractivity contribution in [3.63, 3.8) is 0 Å². The van der Waals surface area contributed by atoms with E-state index in [0.29, 0.717) is 40.9 Å². The summed E-state index contributed by atoms with van der Waals surface area (Å²) in [5.74, 6) is -0.133. The smallest absolute Gasteiger partial charge is 0.269 e. The minimum absolute atomic E-state index is 0.133. The van der Waals surface area contributed by atoms with Crippen LogP contribution in [-0.4, -0.2) is 38.3 Å². The summed E-state index contributed by atoms with van der Waals surface area (Å²) in [5, 5.41) is 1.37. The van der Waals surface area contributed by atoms with Crippen molar-refractivity contribution in [1.29, 1.82) is 0 Å². The third kappa shape index (κ3) is 3.24. The molecule has 30 heavy (non-hydrogen) atoms. The molecule has 156 valence electrons. The molecule has 2 aliphatic rings. The third-order valence-corrected chi connectivity index (χ3v) is 9.43. The molecule has 3 aromatic rings. The predicted molar refractivity (Wildman–Crippen MR) is 121 cm³/mol. The van der Waals surface area contributed by atoms with Crippen LogP contribution >= 0.6 is 22.9 Å². The first-order valence-electron chi connectivity index (χ1n) is 10.1. The predicted octanol–water partition coefficient (Wildman–Crippen LogP) is 4.93. The van der Waals surface area contributed by atoms with Gasteiger partial charge >= 0.3 is 0 Å². The quantitative estimate of drug-likeness (QED) is 0.556. The molecule has 0 atom stereocenters. The highest BCUT2D eigenvalue weighted by Crippen LogP contribution is 2.39. The second kappa shape index (κ2) is 7.64. The van der Waals surface area contributed by atoms with Crippen molar-refractivity contribution >= 4 is 54.6 Å². The van der Waals surface area contributed by atoms with Gasteiger partial charge in [-0.3, -0.25) is 4.79 Å². The fraction of sp³-hybridized carbons (Fsp3) is 0.318. The van der Waals surface area contributed by atoms with Crippen LogP contribution in [0.15, 0.2) is 47.4 Å². The van der Waals surface area contributed by atoms with E-state index in [-0.39, 0.29) is 5.91 Å². The monoisotopic (exact) mass is 460 g/mol. The molecule has 5 nitrogen and oxygen atoms in total. The normalized spacial score (nSPS) is 17.4. The van der Waals surface area contributed by atoms with Gasteiger partial charge in [-0.25, -0.2) is 8.42 Å². The summed E-state index contributed by atoms with van der Waals surface area (Å²) < 4.78 is 28.6. The van der Waals surface area contributed by atoms with E-state index in [9.17, 15) is 13.2 Å². The number of anilines is 1. The van der Waals surface area contributed by atoms with Gasteiger partial charge in [-0.2, -0.15) is 4.31 Å². The zero-order chi connectivity index (χ0) is 20.9. The van der Waals surface area contributed by atoms with Gasteiger partial charge in [0.25, 0.3) is 5.91 Å². The van der Waals surface area contributed by atoms with Crippen molar-refractivity contribution in [2.45, 2.75) is 30.6 Å². The molecule has 2 aromatic carbocycles. The number of sulfonamides is 1. The number of benzene rings is 2. The lowest BCUT2D eigenvalue weighted by molar-refractivity contribution is 0.0993. The van der Waals surface area contributed by atoms with E-state index in [2.05, 4.69) is 0 Å². The van der Waals surface area contributed by atoms with Crippen LogP contribution in [0.2, 0.25) is 5.02 Å². The summed E-state index contributed by atoms with van der Waals surface area (Å²) >= 11 is 7.90. The van der Waals surface area contributed by atoms with Crippen LogP contribution in [0.4, 0.5) is 5.69 Å². The number of carbonyl (C=O) groups excluding carboxylic acids is 1. The second-order valence-electron chi connectivity index (χ2n) is 7.70. The van der Waals surface area contributed by atoms with Gasteiger partial charge in [0.05, 0.1) is 9.92 Å². The molecule has 8 heteroatoms. The summed E-state index contributed by atoms with van der Waals surface area (Å²) in [6.45, 7) is 1.68. The largest absolute Gasteiger partial charge is 0.307 e. The average Bonchev–Trinajstić information content (AvgIpc) is 3.35. The van der Waals surface area contributed by atoms with Crippen LogP contribution in [0.5, 0.6) is 0 Å². The highest BCUT2D eigenvalue weighted by molar-refractivity contribution is 7.89. The molecule has 1 saturated heterocycles. The Morgan fingerprint density at radius 2 is 1.77 bits per heavy atom. The first-order chi connectivity index (χ1) is 14.5. The number of nitrogens with zero attached hydrogens (tertiary/aromatic N) is 2. The Kier molecular flexibility index (Phi) is 5.09. The first kappa shape index (κ1) is 20.0. The second-order valence-corrected chi connectivity index (χ2v) is 11.1. The van der Waals surface area contributed by atoms with E-state index in [4.69, 9.17) is 11.6 Å². The number of rotatable bonds is 3. The van der Waals surface area contributed by atoms with Crippen molar-refractivity contribution in [2.24, 2.45) is 0 Å². The molecule has 0 bridgehead atoms. The fourth-order valence-electron chi connectivity index (χ4n) is 4.28. The van der Waals surface area contributed by atoms with Gasteiger partial charge in [0.15, 0.2) is 0 Å². The Labute approximate surface area is 184 Å². The molecule has 3 heterocycles. The zero-order valence-electron chi connectivity index (χ0n) is 16.3. The van der Waals surface area contributed by atoms with Crippen molar-refractivity contribution in [2.75, 3.05) is 24.5 Å². The maximum absolute atomic E-state index is 13.3. The van der Waals surface area contributed by atoms with Crippen LogP contribution in [0.25, 0.3) is 10.1 Å². The third-order valence-electron chi connectivity index (χ3n) is 5.87. The van der Waals surface area contributed by atoms with E-state index >= 15 is 0 Å². The Balaban J connectivity index is 1.46. The molecule has 0 saturated carbocycles. The van der Waals surface area contributed by atoms with E-state index in [1.54, 1.807) is 27.4 Å². The molecule has 0 N–H and O–H groups in total. The van der Waals surface area contributed by atoms with Gasteiger partial charge in [0.1, 0.15) is 4.88 Å². The number of amides is 1. The molecule has 0 radical (unpaired) electrons. The Morgan fingerprint density at radius 1 is 1.00 bits per heavy atom.